The summed E-state index contributed by atoms with van der Waals surface area (Å²) in [6, 6.07) is 8.76. The number of benzene rings is 1. The molecule has 0 aliphatic carbocycles. The molecule has 0 saturated carbocycles. The molecule has 7 heteroatoms. The minimum absolute atomic E-state index is 0. The lowest BCUT2D eigenvalue weighted by Crippen LogP contribution is -2.48. The lowest BCUT2D eigenvalue weighted by Gasteiger charge is -2.31. The van der Waals surface area contributed by atoms with Crippen molar-refractivity contribution in [1.29, 1.82) is 0 Å². The predicted octanol–water partition coefficient (Wildman–Crippen LogP) is 3.63. The Kier molecular flexibility index (Phi) is 9.35. The summed E-state index contributed by atoms with van der Waals surface area (Å²) in [5.74, 6) is 0.458. The van der Waals surface area contributed by atoms with E-state index in [4.69, 9.17) is 10.5 Å². The fourth-order valence-electron chi connectivity index (χ4n) is 2.96. The van der Waals surface area contributed by atoms with Gasteiger partial charge in [-0.25, -0.2) is 9.79 Å². The van der Waals surface area contributed by atoms with Crippen LogP contribution in [0.2, 0.25) is 0 Å². The molecule has 2 rings (SSSR count). The van der Waals surface area contributed by atoms with E-state index >= 15 is 0 Å². The van der Waals surface area contributed by atoms with Gasteiger partial charge in [-0.1, -0.05) is 45.0 Å². The maximum Gasteiger partial charge on any atom is 0.409 e. The van der Waals surface area contributed by atoms with E-state index < -0.39 is 0 Å². The number of carbonyl (C=O) groups excluding carboxylic acids is 1. The van der Waals surface area contributed by atoms with E-state index in [1.807, 2.05) is 6.92 Å². The largest absolute Gasteiger partial charge is 0.450 e. The van der Waals surface area contributed by atoms with Crippen molar-refractivity contribution >= 4 is 36.0 Å². The van der Waals surface area contributed by atoms with Crippen LogP contribution in [0, 0.1) is 0 Å². The highest BCUT2D eigenvalue weighted by Crippen LogP contribution is 2.22. The third-order valence-electron chi connectivity index (χ3n) is 4.62. The first kappa shape index (κ1) is 23.5. The van der Waals surface area contributed by atoms with Crippen LogP contribution < -0.4 is 11.1 Å². The van der Waals surface area contributed by atoms with E-state index in [1.54, 1.807) is 4.90 Å². The molecule has 3 N–H and O–H groups in total. The van der Waals surface area contributed by atoms with E-state index in [2.05, 4.69) is 55.3 Å². The van der Waals surface area contributed by atoms with E-state index in [0.717, 1.165) is 18.4 Å². The molecule has 1 heterocycles. The zero-order valence-corrected chi connectivity index (χ0v) is 19.2. The molecule has 0 unspecified atom stereocenters. The van der Waals surface area contributed by atoms with Crippen LogP contribution in [-0.4, -0.2) is 42.7 Å². The summed E-state index contributed by atoms with van der Waals surface area (Å²) in [6.45, 7) is 10.8. The molecule has 1 aliphatic rings. The van der Waals surface area contributed by atoms with Gasteiger partial charge in [-0.05, 0) is 36.3 Å². The second-order valence-corrected chi connectivity index (χ2v) is 7.75. The Labute approximate surface area is 179 Å². The molecule has 0 spiro atoms. The van der Waals surface area contributed by atoms with Gasteiger partial charge in [0, 0.05) is 19.1 Å². The number of likely N-dealkylation sites (tertiary alicyclic amines) is 1. The summed E-state index contributed by atoms with van der Waals surface area (Å²) in [6.07, 6.45) is 1.45. The summed E-state index contributed by atoms with van der Waals surface area (Å²) in [7, 11) is 0. The Hall–Kier alpha value is -1.51. The minimum Gasteiger partial charge on any atom is -0.450 e. The number of amides is 1. The Morgan fingerprint density at radius 2 is 1.85 bits per heavy atom. The van der Waals surface area contributed by atoms with Gasteiger partial charge in [0.15, 0.2) is 5.96 Å². The number of guanidine groups is 1. The van der Waals surface area contributed by atoms with Crippen LogP contribution >= 0.6 is 24.0 Å². The number of ether oxygens (including phenoxy) is 1. The van der Waals surface area contributed by atoms with Gasteiger partial charge in [-0.2, -0.15) is 0 Å². The zero-order valence-electron chi connectivity index (χ0n) is 16.8. The quantitative estimate of drug-likeness (QED) is 0.386. The number of hydrogen-bond acceptors (Lipinski definition) is 3. The Bertz CT molecular complexity index is 618. The molecule has 1 fully saturated rings. The third kappa shape index (κ3) is 7.56. The Morgan fingerprint density at radius 1 is 1.26 bits per heavy atom. The second-order valence-electron chi connectivity index (χ2n) is 7.75. The smallest absolute Gasteiger partial charge is 0.409 e. The molecule has 1 aliphatic heterocycles. The van der Waals surface area contributed by atoms with Crippen molar-refractivity contribution in [2.75, 3.05) is 19.7 Å². The topological polar surface area (TPSA) is 80.0 Å². The van der Waals surface area contributed by atoms with Crippen LogP contribution in [0.1, 0.15) is 51.7 Å². The monoisotopic (exact) mass is 488 g/mol. The van der Waals surface area contributed by atoms with E-state index in [0.29, 0.717) is 32.2 Å². The summed E-state index contributed by atoms with van der Waals surface area (Å²) >= 11 is 0. The fourth-order valence-corrected chi connectivity index (χ4v) is 2.96. The molecule has 0 bridgehead atoms. The molecule has 152 valence electrons. The van der Waals surface area contributed by atoms with Crippen molar-refractivity contribution in [3.63, 3.8) is 0 Å². The van der Waals surface area contributed by atoms with Crippen molar-refractivity contribution < 1.29 is 9.53 Å². The van der Waals surface area contributed by atoms with Gasteiger partial charge in [0.2, 0.25) is 0 Å². The van der Waals surface area contributed by atoms with Crippen LogP contribution in [0.5, 0.6) is 0 Å². The van der Waals surface area contributed by atoms with Crippen molar-refractivity contribution in [2.24, 2.45) is 10.7 Å². The molecule has 0 aromatic heterocycles. The standard InChI is InChI=1S/C20H32N4O2.HI/c1-5-26-19(25)24-12-10-17(11-13-24)23-18(21)22-14-15-6-8-16(9-7-15)20(2,3)4;/h6-9,17H,5,10-14H2,1-4H3,(H3,21,22,23);1H. The number of aliphatic imine (C=N–C) groups is 1. The fraction of sp³-hybridized carbons (Fsp3) is 0.600. The maximum atomic E-state index is 11.7. The van der Waals surface area contributed by atoms with E-state index in [9.17, 15) is 4.79 Å². The van der Waals surface area contributed by atoms with Gasteiger partial charge in [-0.3, -0.25) is 0 Å². The Balaban J connectivity index is 0.00000364. The number of nitrogens with one attached hydrogen (secondary N) is 1. The molecule has 1 amide bonds. The number of halogens is 1. The van der Waals surface area contributed by atoms with Gasteiger partial charge in [0.05, 0.1) is 13.2 Å². The molecule has 0 atom stereocenters. The lowest BCUT2D eigenvalue weighted by atomic mass is 9.87. The van der Waals surface area contributed by atoms with Gasteiger partial charge >= 0.3 is 6.09 Å². The number of piperidine rings is 1. The molecule has 1 aromatic rings. The van der Waals surface area contributed by atoms with E-state index in [-0.39, 0.29) is 41.5 Å². The first-order valence-corrected chi connectivity index (χ1v) is 9.37. The number of nitrogens with two attached hydrogens (primary N) is 1. The van der Waals surface area contributed by atoms with Gasteiger partial charge in [0.25, 0.3) is 0 Å². The molecule has 6 nitrogen and oxygen atoms in total. The van der Waals surface area contributed by atoms with Crippen LogP contribution in [0.25, 0.3) is 0 Å². The average Bonchev–Trinajstić information content (AvgIpc) is 2.60. The number of hydrogen-bond donors (Lipinski definition) is 2. The Morgan fingerprint density at radius 3 is 2.37 bits per heavy atom. The molecular weight excluding hydrogens is 455 g/mol. The molecule has 1 aromatic carbocycles. The highest BCUT2D eigenvalue weighted by atomic mass is 127. The predicted molar refractivity (Wildman–Crippen MR) is 121 cm³/mol. The van der Waals surface area contributed by atoms with Crippen molar-refractivity contribution in [1.82, 2.24) is 10.2 Å². The first-order chi connectivity index (χ1) is 12.3. The van der Waals surface area contributed by atoms with Gasteiger partial charge in [-0.15, -0.1) is 24.0 Å². The van der Waals surface area contributed by atoms with Gasteiger partial charge in [0.1, 0.15) is 0 Å². The summed E-state index contributed by atoms with van der Waals surface area (Å²) in [4.78, 5) is 17.9. The van der Waals surface area contributed by atoms with E-state index in [1.165, 1.54) is 5.56 Å². The molecular formula is C20H33IN4O2. The molecule has 27 heavy (non-hydrogen) atoms. The molecule has 0 radical (unpaired) electrons. The zero-order chi connectivity index (χ0) is 19.2. The SMILES string of the molecule is CCOC(=O)N1CCC(NC(N)=NCc2ccc(C(C)(C)C)cc2)CC1.I. The van der Waals surface area contributed by atoms with Crippen LogP contribution in [0.15, 0.2) is 29.3 Å². The van der Waals surface area contributed by atoms with Crippen LogP contribution in [0.4, 0.5) is 4.79 Å². The maximum absolute atomic E-state index is 11.7. The number of carbonyl (C=O) groups is 1. The normalized spacial score (nSPS) is 15.9. The van der Waals surface area contributed by atoms with Crippen molar-refractivity contribution in [3.8, 4) is 0 Å². The number of rotatable bonds is 4. The van der Waals surface area contributed by atoms with Crippen molar-refractivity contribution in [2.45, 2.75) is 58.5 Å². The summed E-state index contributed by atoms with van der Waals surface area (Å²) < 4.78 is 5.03. The second kappa shape index (κ2) is 10.7. The highest BCUT2D eigenvalue weighted by molar-refractivity contribution is 14.0. The van der Waals surface area contributed by atoms with Crippen molar-refractivity contribution in [3.05, 3.63) is 35.4 Å². The lowest BCUT2D eigenvalue weighted by molar-refractivity contribution is 0.0963. The molecule has 1 saturated heterocycles. The summed E-state index contributed by atoms with van der Waals surface area (Å²) in [5, 5.41) is 3.27. The average molecular weight is 488 g/mol. The summed E-state index contributed by atoms with van der Waals surface area (Å²) in [5.41, 5.74) is 8.63. The first-order valence-electron chi connectivity index (χ1n) is 9.37. The van der Waals surface area contributed by atoms with Gasteiger partial charge < -0.3 is 20.7 Å². The number of nitrogens with zero attached hydrogens (tertiary/aromatic N) is 2. The van der Waals surface area contributed by atoms with Crippen LogP contribution in [-0.2, 0) is 16.7 Å². The third-order valence-corrected chi connectivity index (χ3v) is 4.62. The minimum atomic E-state index is -0.230. The highest BCUT2D eigenvalue weighted by Gasteiger charge is 2.23. The van der Waals surface area contributed by atoms with Crippen LogP contribution in [0.3, 0.4) is 0 Å².